The Morgan fingerprint density at radius 2 is 1.27 bits per heavy atom. The minimum atomic E-state index is -0.768. The highest BCUT2D eigenvalue weighted by Gasteiger charge is 2.52. The lowest BCUT2D eigenvalue weighted by atomic mass is 9.77. The van der Waals surface area contributed by atoms with Crippen LogP contribution in [0, 0.1) is 10.1 Å². The molecule has 134 heavy (non-hydrogen) atoms. The van der Waals surface area contributed by atoms with Gasteiger partial charge in [-0.1, -0.05) is 162 Å². The van der Waals surface area contributed by atoms with E-state index in [0.717, 1.165) is 51.1 Å². The van der Waals surface area contributed by atoms with Crippen LogP contribution < -0.4 is 48.8 Å². The molecule has 1 N–H and O–H groups in total. The number of alkyl halides is 3. The SMILES string of the molecule is C=CCOc1ccccc1CN(C(=O)CCl)c1ccc2c(c1)OCO2.CN(C)c1nc(N(C)C)nc(N(C)C)n1.COC(=O)c1ccc([C@H]2C3Nc4ccccc4C3CC(C(=O)OC)N2C(=O)CCl)cc1.COc1ccc(N(C(=O)CCl)C(C(=O)CCCc2ccccc2)c2cccs2)cc1Cl.O=C(c1nocc1[N+](=O)[O-])N1CCN(C(c2ccc(Cl)cc2)c2ccc(Cl)cc2)CC1.[B]. The van der Waals surface area contributed by atoms with Gasteiger partial charge in [-0.3, -0.25) is 43.9 Å². The number of esters is 2. The first-order valence-electron chi connectivity index (χ1n) is 41.9. The van der Waals surface area contributed by atoms with Gasteiger partial charge in [-0.25, -0.2) is 9.59 Å². The second-order valence-corrected chi connectivity index (χ2v) is 34.0. The predicted molar refractivity (Wildman–Crippen MR) is 523 cm³/mol. The molecule has 2 saturated heterocycles. The van der Waals surface area contributed by atoms with Gasteiger partial charge < -0.3 is 67.7 Å². The van der Waals surface area contributed by atoms with E-state index < -0.39 is 46.6 Å². The number of hydrogen-bond donors (Lipinski definition) is 1. The molecule has 4 aliphatic heterocycles. The maximum absolute atomic E-state index is 13.4. The molecule has 5 atom stereocenters. The number of para-hydroxylation sites is 2. The monoisotopic (exact) mass is 1960 g/mol. The van der Waals surface area contributed by atoms with Crippen LogP contribution in [-0.4, -0.2) is 222 Å². The fourth-order valence-electron chi connectivity index (χ4n) is 15.4. The number of amides is 4. The smallest absolute Gasteiger partial charge is 0.341 e. The average Bonchev–Trinajstić information content (AvgIpc) is 1.53. The molecule has 2 fully saturated rings. The first-order valence-corrected chi connectivity index (χ1v) is 45.5. The summed E-state index contributed by atoms with van der Waals surface area (Å²) in [6, 6.07) is 59.7. The number of ether oxygens (including phenoxy) is 6. The van der Waals surface area contributed by atoms with Crippen molar-refractivity contribution in [2.24, 2.45) is 0 Å². The molecule has 0 spiro atoms. The lowest BCUT2D eigenvalue weighted by Crippen LogP contribution is -2.57. The third kappa shape index (κ3) is 26.3. The summed E-state index contributed by atoms with van der Waals surface area (Å²) in [6.07, 6.45) is 4.81. The van der Waals surface area contributed by atoms with Gasteiger partial charge in [0.15, 0.2) is 17.3 Å². The van der Waals surface area contributed by atoms with Crippen molar-refractivity contribution in [3.63, 3.8) is 0 Å². The van der Waals surface area contributed by atoms with Gasteiger partial charge in [-0.15, -0.1) is 46.1 Å². The number of Topliss-reactive ketones (excluding diaryl/α,β-unsaturated/α-hetero) is 1. The Morgan fingerprint density at radius 3 is 1.84 bits per heavy atom. The highest BCUT2D eigenvalue weighted by atomic mass is 35.5. The van der Waals surface area contributed by atoms with E-state index in [2.05, 4.69) is 41.4 Å². The molecule has 30 nitrogen and oxygen atoms in total. The van der Waals surface area contributed by atoms with E-state index >= 15 is 0 Å². The van der Waals surface area contributed by atoms with E-state index in [-0.39, 0.29) is 80.0 Å². The molecule has 4 aliphatic rings. The number of piperazine rings is 1. The number of ketones is 1. The van der Waals surface area contributed by atoms with Crippen molar-refractivity contribution in [3.05, 3.63) is 299 Å². The van der Waals surface area contributed by atoms with Gasteiger partial charge in [0.1, 0.15) is 47.8 Å². The fraction of sp³-hybridized carbons (Fsp3) is 0.302. The quantitative estimate of drug-likeness (QED) is 0.0114. The van der Waals surface area contributed by atoms with Crippen molar-refractivity contribution in [2.45, 2.75) is 68.4 Å². The van der Waals surface area contributed by atoms with E-state index in [9.17, 15) is 43.7 Å². The summed E-state index contributed by atoms with van der Waals surface area (Å²) in [6.45, 7) is 6.52. The molecular formula is C96H100BCl6N14O16S. The number of halogens is 6. The molecule has 0 saturated carbocycles. The number of likely N-dealkylation sites (tertiary alicyclic amines) is 1. The Morgan fingerprint density at radius 1 is 0.664 bits per heavy atom. The number of methoxy groups -OCH3 is 3. The first kappa shape index (κ1) is 104. The topological polar surface area (TPSA) is 321 Å². The molecule has 4 amide bonds. The molecule has 11 aromatic rings. The lowest BCUT2D eigenvalue weighted by Gasteiger charge is -2.47. The molecule has 0 bridgehead atoms. The van der Waals surface area contributed by atoms with Crippen molar-refractivity contribution in [1.82, 2.24) is 34.8 Å². The lowest BCUT2D eigenvalue weighted by molar-refractivity contribution is -0.385. The number of hydrogen-bond acceptors (Lipinski definition) is 26. The first-order chi connectivity index (χ1) is 64.1. The van der Waals surface area contributed by atoms with Crippen LogP contribution in [0.2, 0.25) is 15.1 Å². The molecule has 38 heteroatoms. The number of anilines is 6. The van der Waals surface area contributed by atoms with E-state index in [1.807, 2.05) is 208 Å². The zero-order chi connectivity index (χ0) is 95.5. The molecule has 15 rings (SSSR count). The number of fused-ring (bicyclic) bond motifs is 4. The number of aromatic nitrogens is 4. The number of piperidine rings is 1. The largest absolute Gasteiger partial charge is 0.495 e. The van der Waals surface area contributed by atoms with Crippen molar-refractivity contribution in [2.75, 3.05) is 151 Å². The number of rotatable bonds is 29. The highest BCUT2D eigenvalue weighted by molar-refractivity contribution is 7.10. The minimum absolute atomic E-state index is 0. The summed E-state index contributed by atoms with van der Waals surface area (Å²) >= 11 is 37.6. The summed E-state index contributed by atoms with van der Waals surface area (Å²) in [4.78, 5) is 127. The van der Waals surface area contributed by atoms with Crippen molar-refractivity contribution < 1.29 is 71.4 Å². The van der Waals surface area contributed by atoms with E-state index in [4.69, 9.17) is 98.0 Å². The Kier molecular flexibility index (Phi) is 38.6. The number of thiophene rings is 1. The maximum atomic E-state index is 13.4. The Bertz CT molecular complexity index is 5700. The Hall–Kier alpha value is -12.5. The highest BCUT2D eigenvalue weighted by Crippen LogP contribution is 2.51. The normalized spacial score (nSPS) is 15.0. The minimum Gasteiger partial charge on any atom is -0.495 e. The molecule has 0 aliphatic carbocycles. The van der Waals surface area contributed by atoms with Gasteiger partial charge in [0.2, 0.25) is 54.3 Å². The summed E-state index contributed by atoms with van der Waals surface area (Å²) < 4.78 is 36.1. The standard InChI is InChI=1S/C24H23Cl2NO3S.C23H23ClN2O5.C21H18Cl2N4O4.C19H18ClNO4.C9H18N6.B/c1-30-21-13-12-18(15-19(21)26)27(23(29)16-25)24(22-11-6-14-31-22)20(28)10-5-9-17-7-3-2-4-8-17;1-30-22(28)14-9-7-13(8-10-14)21-20-16(15-5-3-4-6-17(15)25-20)11-18(23(29)31-2)26(21)19(27)12-24;22-16-5-1-14(2-6-16)20(15-3-7-17(23)8-4-15)25-9-11-26(12-10-25)21(28)19-18(27(29)30)13-31-24-19;1-2-9-23-16-6-4-3-5-14(16)12-21(19(22)11-20)15-7-8-17-18(10-15)25-13-24-17;1-13(2)7-10-8(14(3)4)12-9(11-7)15(5)6;/h2-4,6-8,11-15,24H,5,9-10,16H2,1H3;3-10,16,18,20-21,25H,11-12H2,1-2H3;1-8,13,20H,9-12H2;2-8,10H,1,9,11-13H2;1-6H3;/t;16?,18?,20?,21-;;;;/m.0..../s1. The second kappa shape index (κ2) is 50.0. The Balaban J connectivity index is 0.000000176. The summed E-state index contributed by atoms with van der Waals surface area (Å²) in [5.74, 6) is 1.46. The summed E-state index contributed by atoms with van der Waals surface area (Å²) in [5.41, 5.74) is 7.97. The molecular weight excluding hydrogens is 1860 g/mol. The van der Waals surface area contributed by atoms with E-state index in [0.29, 0.717) is 131 Å². The van der Waals surface area contributed by atoms with E-state index in [1.54, 1.807) is 70.5 Å². The molecule has 7 heterocycles. The zero-order valence-corrected chi connectivity index (χ0v) is 80.3. The van der Waals surface area contributed by atoms with Crippen LogP contribution in [0.4, 0.5) is 40.6 Å². The fourth-order valence-corrected chi connectivity index (χ4v) is 17.2. The number of aryl methyl sites for hydroxylation is 1. The molecule has 701 valence electrons. The van der Waals surface area contributed by atoms with Crippen LogP contribution in [-0.2, 0) is 46.4 Å². The molecule has 3 radical (unpaired) electrons. The summed E-state index contributed by atoms with van der Waals surface area (Å²) in [5, 5.41) is 21.7. The van der Waals surface area contributed by atoms with Crippen LogP contribution >= 0.6 is 80.9 Å². The van der Waals surface area contributed by atoms with Crippen molar-refractivity contribution in [3.8, 4) is 23.0 Å². The van der Waals surface area contributed by atoms with Gasteiger partial charge in [0.05, 0.1) is 61.5 Å². The van der Waals surface area contributed by atoms with Gasteiger partial charge in [-0.05, 0) is 137 Å². The van der Waals surface area contributed by atoms with Crippen LogP contribution in [0.15, 0.2) is 229 Å². The van der Waals surface area contributed by atoms with Gasteiger partial charge in [0.25, 0.3) is 5.91 Å². The number of carbonyl (C=O) groups is 7. The van der Waals surface area contributed by atoms with Crippen LogP contribution in [0.5, 0.6) is 23.0 Å². The number of benzene rings is 8. The third-order valence-corrected chi connectivity index (χ3v) is 24.3. The average molecular weight is 1960 g/mol. The molecule has 4 unspecified atom stereocenters. The van der Waals surface area contributed by atoms with Crippen LogP contribution in [0.3, 0.4) is 0 Å². The second-order valence-electron chi connectivity index (χ2n) is 31.0. The van der Waals surface area contributed by atoms with Gasteiger partial charge >= 0.3 is 17.6 Å². The van der Waals surface area contributed by atoms with Crippen LogP contribution in [0.1, 0.15) is 102 Å². The molecule has 8 aromatic carbocycles. The van der Waals surface area contributed by atoms with Gasteiger partial charge in [0, 0.05) is 133 Å². The molecule has 3 aromatic heterocycles. The number of nitro groups is 1. The van der Waals surface area contributed by atoms with Crippen molar-refractivity contribution in [1.29, 1.82) is 0 Å². The number of nitrogens with one attached hydrogen (secondary N) is 1. The maximum Gasteiger partial charge on any atom is 0.341 e. The Labute approximate surface area is 813 Å². The van der Waals surface area contributed by atoms with Crippen LogP contribution in [0.25, 0.3) is 0 Å². The number of carbonyl (C=O) groups excluding carboxylic acids is 7. The predicted octanol–water partition coefficient (Wildman–Crippen LogP) is 17.3. The number of nitrogens with zero attached hydrogens (tertiary/aromatic N) is 13. The van der Waals surface area contributed by atoms with E-state index in [1.165, 1.54) is 48.0 Å². The van der Waals surface area contributed by atoms with Gasteiger partial charge in [-0.2, -0.15) is 15.0 Å². The van der Waals surface area contributed by atoms with Crippen molar-refractivity contribution >= 4 is 171 Å². The third-order valence-electron chi connectivity index (χ3n) is 21.9. The zero-order valence-electron chi connectivity index (χ0n) is 75.0. The summed E-state index contributed by atoms with van der Waals surface area (Å²) in [7, 11) is 15.6.